The molecule has 1 heterocycles. The fraction of sp³-hybridized carbons (Fsp3) is 0.273. The molecule has 6 heteroatoms. The lowest BCUT2D eigenvalue weighted by molar-refractivity contribution is 0.302. The molecule has 0 aliphatic carbocycles. The van der Waals surface area contributed by atoms with Gasteiger partial charge in [-0.3, -0.25) is 5.43 Å². The molecule has 2 rings (SSSR count). The second-order valence-electron chi connectivity index (χ2n) is 3.63. The monoisotopic (exact) mass is 250 g/mol. The van der Waals surface area contributed by atoms with Crippen LogP contribution in [-0.2, 0) is 6.61 Å². The number of nitrogen functional groups attached to an aromatic ring is 1. The Kier molecular flexibility index (Phi) is 3.55. The first-order chi connectivity index (χ1) is 8.20. The number of aryl methyl sites for hydroxylation is 1. The van der Waals surface area contributed by atoms with Crippen LogP contribution < -0.4 is 16.0 Å². The number of nitrogens with two attached hydrogens (primary N) is 1. The largest absolute Gasteiger partial charge is 0.486 e. The van der Waals surface area contributed by atoms with E-state index in [0.29, 0.717) is 11.7 Å². The molecule has 0 radical (unpaired) electrons. The van der Waals surface area contributed by atoms with Crippen LogP contribution in [0.25, 0.3) is 0 Å². The van der Waals surface area contributed by atoms with E-state index >= 15 is 0 Å². The van der Waals surface area contributed by atoms with Crippen LogP contribution in [-0.4, -0.2) is 10.2 Å². The Morgan fingerprint density at radius 2 is 2.18 bits per heavy atom. The normalized spacial score (nSPS) is 10.3. The fourth-order valence-electron chi connectivity index (χ4n) is 1.39. The van der Waals surface area contributed by atoms with Gasteiger partial charge in [0.05, 0.1) is 0 Å². The molecule has 0 saturated heterocycles. The topological polar surface area (TPSA) is 73.1 Å². The highest BCUT2D eigenvalue weighted by atomic mass is 32.1. The maximum atomic E-state index is 5.70. The number of anilines is 1. The van der Waals surface area contributed by atoms with Crippen LogP contribution in [0.2, 0.25) is 0 Å². The maximum Gasteiger partial charge on any atom is 0.219 e. The summed E-state index contributed by atoms with van der Waals surface area (Å²) in [5.74, 6) is 6.11. The number of ether oxygens (including phenoxy) is 1. The molecule has 90 valence electrons. The number of rotatable bonds is 4. The molecule has 1 aromatic carbocycles. The van der Waals surface area contributed by atoms with Gasteiger partial charge in [0.2, 0.25) is 5.13 Å². The minimum atomic E-state index is 0.406. The predicted octanol–water partition coefficient (Wildman–Crippen LogP) is 2.02. The highest BCUT2D eigenvalue weighted by Gasteiger charge is 2.06. The average molecular weight is 250 g/mol. The molecule has 0 bridgehead atoms. The average Bonchev–Trinajstić information content (AvgIpc) is 2.79. The molecule has 0 atom stereocenters. The molecule has 1 aromatic heterocycles. The molecule has 5 nitrogen and oxygen atoms in total. The standard InChI is InChI=1S/C11H14N4OS/c1-7-4-3-5-9(8(7)2)16-6-10-14-15-11(13-12)17-10/h3-5H,6,12H2,1-2H3,(H,13,15). The summed E-state index contributed by atoms with van der Waals surface area (Å²) in [7, 11) is 0. The molecule has 0 aliphatic heterocycles. The molecule has 0 aliphatic rings. The Labute approximate surface area is 104 Å². The second-order valence-corrected chi connectivity index (χ2v) is 4.69. The van der Waals surface area contributed by atoms with Crippen LogP contribution in [0.5, 0.6) is 5.75 Å². The van der Waals surface area contributed by atoms with Gasteiger partial charge in [-0.05, 0) is 31.0 Å². The number of nitrogens with one attached hydrogen (secondary N) is 1. The highest BCUT2D eigenvalue weighted by Crippen LogP contribution is 2.22. The van der Waals surface area contributed by atoms with Gasteiger partial charge in [-0.15, -0.1) is 10.2 Å². The van der Waals surface area contributed by atoms with Crippen LogP contribution in [0.1, 0.15) is 16.1 Å². The Morgan fingerprint density at radius 3 is 2.88 bits per heavy atom. The molecule has 17 heavy (non-hydrogen) atoms. The lowest BCUT2D eigenvalue weighted by atomic mass is 10.1. The van der Waals surface area contributed by atoms with Crippen molar-refractivity contribution in [1.29, 1.82) is 0 Å². The van der Waals surface area contributed by atoms with E-state index in [4.69, 9.17) is 10.6 Å². The van der Waals surface area contributed by atoms with E-state index in [1.54, 1.807) is 0 Å². The molecule has 0 unspecified atom stereocenters. The zero-order valence-corrected chi connectivity index (χ0v) is 10.5. The Balaban J connectivity index is 2.04. The summed E-state index contributed by atoms with van der Waals surface area (Å²) in [6.45, 7) is 4.50. The number of aromatic nitrogens is 2. The van der Waals surface area contributed by atoms with E-state index in [1.165, 1.54) is 16.9 Å². The van der Waals surface area contributed by atoms with Crippen molar-refractivity contribution in [1.82, 2.24) is 10.2 Å². The van der Waals surface area contributed by atoms with Crippen molar-refractivity contribution in [3.8, 4) is 5.75 Å². The molecular formula is C11H14N4OS. The number of benzene rings is 1. The molecule has 0 saturated carbocycles. The van der Waals surface area contributed by atoms with E-state index in [1.807, 2.05) is 19.1 Å². The predicted molar refractivity (Wildman–Crippen MR) is 68.0 cm³/mol. The first kappa shape index (κ1) is 11.8. The van der Waals surface area contributed by atoms with Gasteiger partial charge in [0.25, 0.3) is 0 Å². The molecule has 0 amide bonds. The van der Waals surface area contributed by atoms with Crippen molar-refractivity contribution in [2.75, 3.05) is 5.43 Å². The van der Waals surface area contributed by atoms with Crippen LogP contribution in [0.15, 0.2) is 18.2 Å². The van der Waals surface area contributed by atoms with Gasteiger partial charge in [-0.2, -0.15) is 0 Å². The van der Waals surface area contributed by atoms with Crippen molar-refractivity contribution in [2.24, 2.45) is 5.84 Å². The van der Waals surface area contributed by atoms with Crippen molar-refractivity contribution in [2.45, 2.75) is 20.5 Å². The molecule has 0 spiro atoms. The molecule has 0 fully saturated rings. The van der Waals surface area contributed by atoms with Gasteiger partial charge in [-0.25, -0.2) is 5.84 Å². The molecule has 2 aromatic rings. The second kappa shape index (κ2) is 5.11. The smallest absolute Gasteiger partial charge is 0.219 e. The van der Waals surface area contributed by atoms with Gasteiger partial charge in [-0.1, -0.05) is 23.5 Å². The first-order valence-corrected chi connectivity index (χ1v) is 6.00. The Bertz CT molecular complexity index is 512. The summed E-state index contributed by atoms with van der Waals surface area (Å²) in [4.78, 5) is 0. The van der Waals surface area contributed by atoms with E-state index in [-0.39, 0.29) is 0 Å². The first-order valence-electron chi connectivity index (χ1n) is 5.18. The summed E-state index contributed by atoms with van der Waals surface area (Å²) in [6.07, 6.45) is 0. The number of hydrogen-bond acceptors (Lipinski definition) is 6. The third-order valence-electron chi connectivity index (χ3n) is 2.50. The van der Waals surface area contributed by atoms with Crippen molar-refractivity contribution >= 4 is 16.5 Å². The summed E-state index contributed by atoms with van der Waals surface area (Å²) in [5.41, 5.74) is 4.81. The van der Waals surface area contributed by atoms with Gasteiger partial charge >= 0.3 is 0 Å². The zero-order chi connectivity index (χ0) is 12.3. The maximum absolute atomic E-state index is 5.70. The van der Waals surface area contributed by atoms with Crippen LogP contribution in [0.3, 0.4) is 0 Å². The molecule has 3 N–H and O–H groups in total. The Hall–Kier alpha value is -1.66. The third-order valence-corrected chi connectivity index (χ3v) is 3.32. The number of hydrogen-bond donors (Lipinski definition) is 2. The van der Waals surface area contributed by atoms with Crippen LogP contribution in [0.4, 0.5) is 5.13 Å². The Morgan fingerprint density at radius 1 is 1.35 bits per heavy atom. The van der Waals surface area contributed by atoms with Crippen molar-refractivity contribution < 1.29 is 4.74 Å². The van der Waals surface area contributed by atoms with Crippen LogP contribution in [0, 0.1) is 13.8 Å². The number of nitrogens with zero attached hydrogens (tertiary/aromatic N) is 2. The zero-order valence-electron chi connectivity index (χ0n) is 9.73. The van der Waals surface area contributed by atoms with Gasteiger partial charge in [0, 0.05) is 0 Å². The highest BCUT2D eigenvalue weighted by molar-refractivity contribution is 7.15. The quantitative estimate of drug-likeness (QED) is 0.641. The van der Waals surface area contributed by atoms with E-state index in [2.05, 4.69) is 28.6 Å². The summed E-state index contributed by atoms with van der Waals surface area (Å²) >= 11 is 1.38. The lowest BCUT2D eigenvalue weighted by Crippen LogP contribution is -2.05. The minimum absolute atomic E-state index is 0.406. The third kappa shape index (κ3) is 2.72. The van der Waals surface area contributed by atoms with Crippen LogP contribution >= 0.6 is 11.3 Å². The van der Waals surface area contributed by atoms with Crippen molar-refractivity contribution in [3.05, 3.63) is 34.3 Å². The van der Waals surface area contributed by atoms with Gasteiger partial charge in [0.1, 0.15) is 12.4 Å². The van der Waals surface area contributed by atoms with Crippen molar-refractivity contribution in [3.63, 3.8) is 0 Å². The minimum Gasteiger partial charge on any atom is -0.486 e. The summed E-state index contributed by atoms with van der Waals surface area (Å²) in [6, 6.07) is 5.99. The fourth-order valence-corrected chi connectivity index (χ4v) is 1.95. The van der Waals surface area contributed by atoms with E-state index < -0.39 is 0 Å². The van der Waals surface area contributed by atoms with E-state index in [9.17, 15) is 0 Å². The summed E-state index contributed by atoms with van der Waals surface area (Å²) < 4.78 is 5.70. The molecular weight excluding hydrogens is 236 g/mol. The van der Waals surface area contributed by atoms with E-state index in [0.717, 1.165) is 16.3 Å². The van der Waals surface area contributed by atoms with Gasteiger partial charge in [0.15, 0.2) is 5.01 Å². The number of hydrazine groups is 1. The lowest BCUT2D eigenvalue weighted by Gasteiger charge is -2.08. The summed E-state index contributed by atoms with van der Waals surface area (Å²) in [5, 5.41) is 9.17. The SMILES string of the molecule is Cc1cccc(OCc2nnc(NN)s2)c1C. The van der Waals surface area contributed by atoms with Gasteiger partial charge < -0.3 is 4.74 Å².